The van der Waals surface area contributed by atoms with E-state index in [2.05, 4.69) is 15.9 Å². The molecule has 0 heterocycles. The summed E-state index contributed by atoms with van der Waals surface area (Å²) in [5.74, 6) is -3.10. The number of aldehydes is 1. The summed E-state index contributed by atoms with van der Waals surface area (Å²) >= 11 is 3.25. The third-order valence-electron chi connectivity index (χ3n) is 1.81. The first-order valence-corrected chi connectivity index (χ1v) is 4.97. The van der Waals surface area contributed by atoms with Crippen molar-refractivity contribution in [1.29, 1.82) is 0 Å². The van der Waals surface area contributed by atoms with Crippen LogP contribution in [-0.2, 0) is 4.79 Å². The van der Waals surface area contributed by atoms with Crippen LogP contribution in [0.5, 0.6) is 5.75 Å². The van der Waals surface area contributed by atoms with Crippen molar-refractivity contribution >= 4 is 22.2 Å². The average Bonchev–Trinajstić information content (AvgIpc) is 2.20. The second kappa shape index (κ2) is 4.70. The Bertz CT molecular complexity index is 366. The number of alkyl halides is 2. The number of ether oxygens (including phenoxy) is 1. The van der Waals surface area contributed by atoms with E-state index in [4.69, 9.17) is 4.74 Å². The molecule has 0 fully saturated rings. The van der Waals surface area contributed by atoms with E-state index in [0.29, 0.717) is 5.75 Å². The Morgan fingerprint density at radius 3 is 2.80 bits per heavy atom. The maximum absolute atomic E-state index is 12.6. The third kappa shape index (κ3) is 3.27. The van der Waals surface area contributed by atoms with Gasteiger partial charge in [-0.05, 0) is 19.1 Å². The molecule has 0 aliphatic heterocycles. The van der Waals surface area contributed by atoms with Crippen LogP contribution in [-0.4, -0.2) is 18.8 Å². The largest absolute Gasteiger partial charge is 0.486 e. The first-order valence-electron chi connectivity index (χ1n) is 4.18. The lowest BCUT2D eigenvalue weighted by atomic mass is 10.2. The van der Waals surface area contributed by atoms with E-state index in [1.54, 1.807) is 25.1 Å². The molecule has 0 bridgehead atoms. The summed E-state index contributed by atoms with van der Waals surface area (Å²) in [7, 11) is 0. The predicted molar refractivity (Wildman–Crippen MR) is 55.4 cm³/mol. The molecule has 0 radical (unpaired) electrons. The summed E-state index contributed by atoms with van der Waals surface area (Å²) in [6.07, 6.45) is -0.416. The van der Waals surface area contributed by atoms with Gasteiger partial charge >= 0.3 is 5.92 Å². The molecule has 82 valence electrons. The average molecular weight is 279 g/mol. The summed E-state index contributed by atoms with van der Waals surface area (Å²) in [6, 6.07) is 5.02. The molecule has 0 atom stereocenters. The van der Waals surface area contributed by atoms with Gasteiger partial charge < -0.3 is 4.74 Å². The zero-order valence-corrected chi connectivity index (χ0v) is 9.55. The van der Waals surface area contributed by atoms with Crippen molar-refractivity contribution in [2.75, 3.05) is 6.61 Å². The summed E-state index contributed by atoms with van der Waals surface area (Å²) in [4.78, 5) is 9.96. The van der Waals surface area contributed by atoms with Crippen LogP contribution in [0.1, 0.15) is 5.56 Å². The van der Waals surface area contributed by atoms with Crippen molar-refractivity contribution in [2.45, 2.75) is 12.8 Å². The van der Waals surface area contributed by atoms with E-state index in [-0.39, 0.29) is 0 Å². The van der Waals surface area contributed by atoms with Gasteiger partial charge in [0.15, 0.2) is 12.9 Å². The number of carbonyl (C=O) groups excluding carboxylic acids is 1. The second-order valence-electron chi connectivity index (χ2n) is 3.03. The van der Waals surface area contributed by atoms with Gasteiger partial charge in [-0.2, -0.15) is 8.78 Å². The smallest absolute Gasteiger partial charge is 0.335 e. The summed E-state index contributed by atoms with van der Waals surface area (Å²) in [6.45, 7) is 0.798. The molecule has 15 heavy (non-hydrogen) atoms. The predicted octanol–water partition coefficient (Wildman–Crippen LogP) is 2.97. The van der Waals surface area contributed by atoms with E-state index in [1.165, 1.54) is 0 Å². The Morgan fingerprint density at radius 1 is 1.53 bits per heavy atom. The van der Waals surface area contributed by atoms with Crippen molar-refractivity contribution in [1.82, 2.24) is 0 Å². The van der Waals surface area contributed by atoms with Gasteiger partial charge in [0.05, 0.1) is 0 Å². The Kier molecular flexibility index (Phi) is 3.79. The van der Waals surface area contributed by atoms with Crippen LogP contribution >= 0.6 is 15.9 Å². The molecule has 0 saturated heterocycles. The highest BCUT2D eigenvalue weighted by Gasteiger charge is 2.29. The lowest BCUT2D eigenvalue weighted by Gasteiger charge is -2.13. The Morgan fingerprint density at radius 2 is 2.20 bits per heavy atom. The van der Waals surface area contributed by atoms with E-state index in [9.17, 15) is 13.6 Å². The molecule has 1 rings (SSSR count). The van der Waals surface area contributed by atoms with Crippen LogP contribution in [0.4, 0.5) is 8.78 Å². The van der Waals surface area contributed by atoms with Gasteiger partial charge in [-0.25, -0.2) is 0 Å². The fraction of sp³-hybridized carbons (Fsp3) is 0.300. The molecule has 0 aliphatic rings. The standard InChI is InChI=1S/C10H9BrF2O2/c1-7-8(11)3-2-4-9(7)15-6-10(12,13)5-14/h2-5H,6H2,1H3. The highest BCUT2D eigenvalue weighted by atomic mass is 79.9. The Balaban J connectivity index is 2.74. The van der Waals surface area contributed by atoms with E-state index >= 15 is 0 Å². The van der Waals surface area contributed by atoms with Crippen LogP contribution in [0, 0.1) is 6.92 Å². The third-order valence-corrected chi connectivity index (χ3v) is 2.67. The van der Waals surface area contributed by atoms with Crippen molar-refractivity contribution in [3.05, 3.63) is 28.2 Å². The van der Waals surface area contributed by atoms with E-state index in [0.717, 1.165) is 10.0 Å². The molecule has 0 aromatic heterocycles. The minimum absolute atomic E-state index is 0.339. The number of halogens is 3. The Labute approximate surface area is 94.4 Å². The van der Waals surface area contributed by atoms with Crippen LogP contribution in [0.3, 0.4) is 0 Å². The maximum atomic E-state index is 12.6. The van der Waals surface area contributed by atoms with Gasteiger partial charge in [-0.3, -0.25) is 4.79 Å². The number of hydrogen-bond donors (Lipinski definition) is 0. The monoisotopic (exact) mass is 278 g/mol. The SMILES string of the molecule is Cc1c(Br)cccc1OCC(F)(F)C=O. The van der Waals surface area contributed by atoms with Gasteiger partial charge in [-0.15, -0.1) is 0 Å². The van der Waals surface area contributed by atoms with Crippen LogP contribution in [0.15, 0.2) is 22.7 Å². The quantitative estimate of drug-likeness (QED) is 0.792. The molecule has 1 aromatic carbocycles. The molecular formula is C10H9BrF2O2. The minimum atomic E-state index is -3.44. The summed E-state index contributed by atoms with van der Waals surface area (Å²) < 4.78 is 30.8. The molecule has 0 spiro atoms. The summed E-state index contributed by atoms with van der Waals surface area (Å²) in [5.41, 5.74) is 0.721. The van der Waals surface area contributed by atoms with Crippen molar-refractivity contribution in [2.24, 2.45) is 0 Å². The fourth-order valence-corrected chi connectivity index (χ4v) is 1.30. The highest BCUT2D eigenvalue weighted by Crippen LogP contribution is 2.26. The normalized spacial score (nSPS) is 11.2. The lowest BCUT2D eigenvalue weighted by Crippen LogP contribution is -2.27. The van der Waals surface area contributed by atoms with Gasteiger partial charge in [0.2, 0.25) is 0 Å². The lowest BCUT2D eigenvalue weighted by molar-refractivity contribution is -0.133. The van der Waals surface area contributed by atoms with Gasteiger partial charge in [-0.1, -0.05) is 22.0 Å². The van der Waals surface area contributed by atoms with Gasteiger partial charge in [0.25, 0.3) is 0 Å². The van der Waals surface area contributed by atoms with Gasteiger partial charge in [0.1, 0.15) is 5.75 Å². The molecule has 0 saturated carbocycles. The molecule has 0 aliphatic carbocycles. The van der Waals surface area contributed by atoms with Crippen molar-refractivity contribution < 1.29 is 18.3 Å². The number of carbonyl (C=O) groups is 1. The molecule has 0 N–H and O–H groups in total. The first-order chi connectivity index (χ1) is 6.96. The van der Waals surface area contributed by atoms with Crippen LogP contribution < -0.4 is 4.74 Å². The zero-order valence-electron chi connectivity index (χ0n) is 7.97. The second-order valence-corrected chi connectivity index (χ2v) is 3.88. The minimum Gasteiger partial charge on any atom is -0.486 e. The van der Waals surface area contributed by atoms with Crippen LogP contribution in [0.2, 0.25) is 0 Å². The van der Waals surface area contributed by atoms with Crippen molar-refractivity contribution in [3.8, 4) is 5.75 Å². The number of hydrogen-bond acceptors (Lipinski definition) is 2. The number of benzene rings is 1. The van der Waals surface area contributed by atoms with E-state index in [1.807, 2.05) is 0 Å². The fourth-order valence-electron chi connectivity index (χ4n) is 0.952. The zero-order chi connectivity index (χ0) is 11.5. The van der Waals surface area contributed by atoms with Crippen molar-refractivity contribution in [3.63, 3.8) is 0 Å². The maximum Gasteiger partial charge on any atom is 0.335 e. The molecular weight excluding hydrogens is 270 g/mol. The molecule has 1 aromatic rings. The van der Waals surface area contributed by atoms with E-state index < -0.39 is 18.8 Å². The summed E-state index contributed by atoms with van der Waals surface area (Å²) in [5, 5.41) is 0. The van der Waals surface area contributed by atoms with Crippen LogP contribution in [0.25, 0.3) is 0 Å². The van der Waals surface area contributed by atoms with Gasteiger partial charge in [0, 0.05) is 10.0 Å². The molecule has 0 amide bonds. The topological polar surface area (TPSA) is 26.3 Å². The number of rotatable bonds is 4. The Hall–Kier alpha value is -0.970. The first kappa shape index (κ1) is 12.1. The molecule has 0 unspecified atom stereocenters. The molecule has 5 heteroatoms. The highest BCUT2D eigenvalue weighted by molar-refractivity contribution is 9.10. The molecule has 2 nitrogen and oxygen atoms in total.